The molecule has 1 atom stereocenters. The van der Waals surface area contributed by atoms with Crippen molar-refractivity contribution >= 4 is 5.97 Å². The molecule has 0 unspecified atom stereocenters. The van der Waals surface area contributed by atoms with E-state index in [2.05, 4.69) is 33.0 Å². The minimum atomic E-state index is -0.720. The van der Waals surface area contributed by atoms with Crippen LogP contribution in [-0.4, -0.2) is 23.7 Å². The van der Waals surface area contributed by atoms with Crippen LogP contribution in [0.15, 0.2) is 0 Å². The Kier molecular flexibility index (Phi) is 4.99. The monoisotopic (exact) mass is 187 g/mol. The van der Waals surface area contributed by atoms with Crippen LogP contribution >= 0.6 is 0 Å². The van der Waals surface area contributed by atoms with Crippen molar-refractivity contribution in [2.45, 2.75) is 46.6 Å². The van der Waals surface area contributed by atoms with Crippen molar-refractivity contribution < 1.29 is 9.90 Å². The van der Waals surface area contributed by atoms with Gasteiger partial charge in [0.15, 0.2) is 0 Å². The van der Waals surface area contributed by atoms with Crippen molar-refractivity contribution in [3.63, 3.8) is 0 Å². The third kappa shape index (κ3) is 9.34. The van der Waals surface area contributed by atoms with Crippen LogP contribution in [0.25, 0.3) is 0 Å². The molecule has 0 amide bonds. The first kappa shape index (κ1) is 12.4. The van der Waals surface area contributed by atoms with E-state index in [1.165, 1.54) is 0 Å². The molecule has 0 aromatic carbocycles. The smallest absolute Gasteiger partial charge is 0.320 e. The first-order chi connectivity index (χ1) is 5.80. The molecule has 0 bridgehead atoms. The maximum absolute atomic E-state index is 10.1. The van der Waals surface area contributed by atoms with E-state index in [1.54, 1.807) is 0 Å². The van der Waals surface area contributed by atoms with Crippen molar-refractivity contribution in [2.75, 3.05) is 6.54 Å². The Morgan fingerprint density at radius 2 is 1.85 bits per heavy atom. The summed E-state index contributed by atoms with van der Waals surface area (Å²) >= 11 is 0. The van der Waals surface area contributed by atoms with E-state index in [-0.39, 0.29) is 6.04 Å². The van der Waals surface area contributed by atoms with Crippen LogP contribution in [0, 0.1) is 5.41 Å². The van der Waals surface area contributed by atoms with Crippen LogP contribution in [0.2, 0.25) is 0 Å². The average Bonchev–Trinajstić information content (AvgIpc) is 2.31. The largest absolute Gasteiger partial charge is 0.480 e. The molecular weight excluding hydrogens is 166 g/mol. The summed E-state index contributed by atoms with van der Waals surface area (Å²) in [5, 5.41) is 11.2. The van der Waals surface area contributed by atoms with Gasteiger partial charge in [-0.15, -0.1) is 0 Å². The Balaban J connectivity index is 0.000000252. The van der Waals surface area contributed by atoms with Gasteiger partial charge >= 0.3 is 5.97 Å². The molecule has 1 rings (SSSR count). The molecule has 1 aliphatic rings. The van der Waals surface area contributed by atoms with Gasteiger partial charge in [-0.05, 0) is 24.8 Å². The number of hydrogen-bond acceptors (Lipinski definition) is 2. The molecule has 0 aromatic heterocycles. The quantitative estimate of drug-likeness (QED) is 0.659. The highest BCUT2D eigenvalue weighted by Crippen LogP contribution is 2.08. The lowest BCUT2D eigenvalue weighted by Gasteiger charge is -2.05. The molecule has 2 N–H and O–H groups in total. The van der Waals surface area contributed by atoms with E-state index >= 15 is 0 Å². The topological polar surface area (TPSA) is 49.3 Å². The zero-order chi connectivity index (χ0) is 10.5. The fourth-order valence-corrected chi connectivity index (χ4v) is 0.895. The molecule has 1 fully saturated rings. The van der Waals surface area contributed by atoms with Gasteiger partial charge in [-0.3, -0.25) is 4.79 Å². The molecule has 0 saturated carbocycles. The van der Waals surface area contributed by atoms with E-state index in [0.29, 0.717) is 5.41 Å². The average molecular weight is 187 g/mol. The van der Waals surface area contributed by atoms with Crippen LogP contribution in [-0.2, 0) is 4.79 Å². The minimum absolute atomic E-state index is 0.269. The molecule has 13 heavy (non-hydrogen) atoms. The second-order valence-electron chi connectivity index (χ2n) is 4.99. The Morgan fingerprint density at radius 1 is 1.38 bits per heavy atom. The number of nitrogens with one attached hydrogen (secondary N) is 1. The van der Waals surface area contributed by atoms with Gasteiger partial charge in [-0.25, -0.2) is 0 Å². The number of hydrogen-bond donors (Lipinski definition) is 2. The summed E-state index contributed by atoms with van der Waals surface area (Å²) in [5.41, 5.74) is 0.500. The standard InChI is InChI=1S/C5H9NO2.C5H12/c7-5(8)4-2-1-3-6-4;1-5(2,3)4/h4,6H,1-3H2,(H,7,8);1-4H3/t4-;/m0./s1. The molecule has 0 aromatic rings. The molecule has 0 spiro atoms. The van der Waals surface area contributed by atoms with Gasteiger partial charge in [0.25, 0.3) is 0 Å². The third-order valence-electron chi connectivity index (χ3n) is 1.36. The maximum Gasteiger partial charge on any atom is 0.320 e. The van der Waals surface area contributed by atoms with Gasteiger partial charge in [-0.2, -0.15) is 0 Å². The molecule has 78 valence electrons. The summed E-state index contributed by atoms with van der Waals surface area (Å²) in [7, 11) is 0. The van der Waals surface area contributed by atoms with Crippen molar-refractivity contribution in [3.8, 4) is 0 Å². The predicted octanol–water partition coefficient (Wildman–Crippen LogP) is 1.88. The van der Waals surface area contributed by atoms with E-state index in [9.17, 15) is 4.79 Å². The zero-order valence-electron chi connectivity index (χ0n) is 9.05. The minimum Gasteiger partial charge on any atom is -0.480 e. The number of carboxylic acids is 1. The van der Waals surface area contributed by atoms with Crippen molar-refractivity contribution in [3.05, 3.63) is 0 Å². The van der Waals surface area contributed by atoms with Gasteiger partial charge in [0.2, 0.25) is 0 Å². The molecule has 1 saturated heterocycles. The molecule has 3 heteroatoms. The summed E-state index contributed by atoms with van der Waals surface area (Å²) < 4.78 is 0. The zero-order valence-corrected chi connectivity index (χ0v) is 9.05. The summed E-state index contributed by atoms with van der Waals surface area (Å²) in [4.78, 5) is 10.1. The third-order valence-corrected chi connectivity index (χ3v) is 1.36. The van der Waals surface area contributed by atoms with E-state index in [4.69, 9.17) is 5.11 Å². The first-order valence-electron chi connectivity index (χ1n) is 4.77. The molecule has 0 aliphatic carbocycles. The molecular formula is C10H21NO2. The molecule has 1 aliphatic heterocycles. The Labute approximate surface area is 80.5 Å². The second kappa shape index (κ2) is 5.22. The van der Waals surface area contributed by atoms with Crippen molar-refractivity contribution in [2.24, 2.45) is 5.41 Å². The predicted molar refractivity (Wildman–Crippen MR) is 53.8 cm³/mol. The number of carbonyl (C=O) groups is 1. The van der Waals surface area contributed by atoms with Gasteiger partial charge in [0.1, 0.15) is 6.04 Å². The van der Waals surface area contributed by atoms with Crippen LogP contribution in [0.1, 0.15) is 40.5 Å². The van der Waals surface area contributed by atoms with Gasteiger partial charge in [-0.1, -0.05) is 27.7 Å². The summed E-state index contributed by atoms with van der Waals surface area (Å²) in [5.74, 6) is -0.720. The fourth-order valence-electron chi connectivity index (χ4n) is 0.895. The maximum atomic E-state index is 10.1. The van der Waals surface area contributed by atoms with Crippen molar-refractivity contribution in [1.29, 1.82) is 0 Å². The van der Waals surface area contributed by atoms with Crippen LogP contribution in [0.5, 0.6) is 0 Å². The summed E-state index contributed by atoms with van der Waals surface area (Å²) in [6.45, 7) is 9.61. The van der Waals surface area contributed by atoms with Gasteiger partial charge < -0.3 is 10.4 Å². The summed E-state index contributed by atoms with van der Waals surface area (Å²) in [6, 6.07) is -0.269. The fraction of sp³-hybridized carbons (Fsp3) is 0.900. The van der Waals surface area contributed by atoms with Crippen LogP contribution < -0.4 is 5.32 Å². The SMILES string of the molecule is CC(C)(C)C.O=C(O)[C@@H]1CCCN1. The van der Waals surface area contributed by atoms with Gasteiger partial charge in [0.05, 0.1) is 0 Å². The lowest BCUT2D eigenvalue weighted by atomic mass is 10.0. The van der Waals surface area contributed by atoms with Crippen LogP contribution in [0.3, 0.4) is 0 Å². The molecule has 1 heterocycles. The van der Waals surface area contributed by atoms with Crippen molar-refractivity contribution in [1.82, 2.24) is 5.32 Å². The highest BCUT2D eigenvalue weighted by Gasteiger charge is 2.20. The molecule has 0 radical (unpaired) electrons. The van der Waals surface area contributed by atoms with Gasteiger partial charge in [0, 0.05) is 0 Å². The van der Waals surface area contributed by atoms with E-state index in [1.807, 2.05) is 0 Å². The highest BCUT2D eigenvalue weighted by atomic mass is 16.4. The van der Waals surface area contributed by atoms with E-state index < -0.39 is 5.97 Å². The molecule has 3 nitrogen and oxygen atoms in total. The summed E-state index contributed by atoms with van der Waals surface area (Å²) in [6.07, 6.45) is 1.78. The number of aliphatic carboxylic acids is 1. The Morgan fingerprint density at radius 3 is 2.00 bits per heavy atom. The number of carboxylic acid groups (broad SMARTS) is 1. The Bertz CT molecular complexity index is 149. The first-order valence-corrected chi connectivity index (χ1v) is 4.77. The second-order valence-corrected chi connectivity index (χ2v) is 4.99. The Hall–Kier alpha value is -0.570. The lowest BCUT2D eigenvalue weighted by molar-refractivity contribution is -0.139. The van der Waals surface area contributed by atoms with Crippen LogP contribution in [0.4, 0.5) is 0 Å². The highest BCUT2D eigenvalue weighted by molar-refractivity contribution is 5.73. The lowest BCUT2D eigenvalue weighted by Crippen LogP contribution is -2.29. The van der Waals surface area contributed by atoms with E-state index in [0.717, 1.165) is 19.4 Å². The number of rotatable bonds is 1. The normalized spacial score (nSPS) is 22.0.